The average molecular weight is 468 g/mol. The van der Waals surface area contributed by atoms with Crippen LogP contribution in [-0.2, 0) is 0 Å². The Balaban J connectivity index is 1.37. The first kappa shape index (κ1) is 21.1. The van der Waals surface area contributed by atoms with Crippen LogP contribution < -0.4 is 9.64 Å². The van der Waals surface area contributed by atoms with E-state index in [4.69, 9.17) is 16.3 Å². The summed E-state index contributed by atoms with van der Waals surface area (Å²) in [6.07, 6.45) is 1.44. The number of piperazine rings is 1. The number of nitrogens with zero attached hydrogens (tertiary/aromatic N) is 7. The van der Waals surface area contributed by atoms with E-state index in [0.717, 1.165) is 0 Å². The van der Waals surface area contributed by atoms with Crippen molar-refractivity contribution in [1.29, 1.82) is 0 Å². The minimum atomic E-state index is -0.373. The first-order valence-electron chi connectivity index (χ1n) is 10.3. The second-order valence-electron chi connectivity index (χ2n) is 7.47. The maximum Gasteiger partial charge on any atom is 0.257 e. The van der Waals surface area contributed by atoms with Crippen molar-refractivity contribution >= 4 is 34.5 Å². The van der Waals surface area contributed by atoms with E-state index in [0.29, 0.717) is 65.2 Å². The summed E-state index contributed by atoms with van der Waals surface area (Å²) in [6, 6.07) is 11.1. The van der Waals surface area contributed by atoms with Gasteiger partial charge in [-0.25, -0.2) is 14.4 Å². The molecule has 4 aromatic rings. The second-order valence-corrected chi connectivity index (χ2v) is 7.91. The predicted molar refractivity (Wildman–Crippen MR) is 121 cm³/mol. The van der Waals surface area contributed by atoms with Gasteiger partial charge in [0.05, 0.1) is 18.4 Å². The van der Waals surface area contributed by atoms with Crippen molar-refractivity contribution in [3.8, 4) is 11.4 Å². The molecule has 1 fully saturated rings. The summed E-state index contributed by atoms with van der Waals surface area (Å²) in [7, 11) is 1.52. The van der Waals surface area contributed by atoms with Crippen LogP contribution in [0.5, 0.6) is 5.75 Å². The fraction of sp³-hybridized carbons (Fsp3) is 0.227. The number of hydrogen-bond acceptors (Lipinski definition) is 7. The van der Waals surface area contributed by atoms with Crippen molar-refractivity contribution in [3.63, 3.8) is 0 Å². The molecule has 1 amide bonds. The Morgan fingerprint density at radius 2 is 1.91 bits per heavy atom. The summed E-state index contributed by atoms with van der Waals surface area (Å²) in [6.45, 7) is 2.07. The van der Waals surface area contributed by atoms with Gasteiger partial charge in [-0.05, 0) is 36.4 Å². The maximum atomic E-state index is 13.7. The molecule has 1 saturated heterocycles. The van der Waals surface area contributed by atoms with E-state index in [1.54, 1.807) is 35.2 Å². The van der Waals surface area contributed by atoms with Crippen LogP contribution in [0.4, 0.5) is 10.2 Å². The van der Waals surface area contributed by atoms with E-state index < -0.39 is 0 Å². The number of ether oxygens (including phenoxy) is 1. The van der Waals surface area contributed by atoms with Crippen molar-refractivity contribution in [2.24, 2.45) is 0 Å². The molecule has 168 valence electrons. The molecular formula is C22H19ClFN7O2. The number of benzene rings is 2. The molecule has 9 nitrogen and oxygen atoms in total. The molecule has 0 unspecified atom stereocenters. The molecule has 2 aromatic heterocycles. The summed E-state index contributed by atoms with van der Waals surface area (Å²) in [5, 5.41) is 8.87. The highest BCUT2D eigenvalue weighted by Gasteiger charge is 2.27. The Morgan fingerprint density at radius 1 is 1.09 bits per heavy atom. The Bertz CT molecular complexity index is 1340. The second kappa shape index (κ2) is 8.62. The van der Waals surface area contributed by atoms with Gasteiger partial charge in [-0.2, -0.15) is 4.68 Å². The molecular weight excluding hydrogens is 449 g/mol. The molecule has 2 aromatic carbocycles. The van der Waals surface area contributed by atoms with Crippen LogP contribution in [0.2, 0.25) is 5.02 Å². The molecule has 0 bridgehead atoms. The Labute approximate surface area is 193 Å². The molecule has 11 heteroatoms. The third kappa shape index (κ3) is 3.93. The topological polar surface area (TPSA) is 89.3 Å². The number of aromatic nitrogens is 5. The van der Waals surface area contributed by atoms with E-state index in [1.807, 2.05) is 4.90 Å². The number of methoxy groups -OCH3 is 1. The van der Waals surface area contributed by atoms with Crippen molar-refractivity contribution in [2.75, 3.05) is 38.2 Å². The number of anilines is 1. The van der Waals surface area contributed by atoms with Crippen LogP contribution in [0, 0.1) is 5.82 Å². The standard InChI is InChI=1S/C22H19ClFN7O2/c1-33-18-6-5-14(23)11-17(18)22(32)30-9-7-29(8-10-30)20-19-21(26-13-25-20)31(28-27-19)16-4-2-3-15(24)12-16/h2-6,11-13H,7-10H2,1H3. The van der Waals surface area contributed by atoms with Crippen molar-refractivity contribution < 1.29 is 13.9 Å². The molecule has 0 radical (unpaired) electrons. The van der Waals surface area contributed by atoms with Crippen LogP contribution in [0.25, 0.3) is 16.9 Å². The van der Waals surface area contributed by atoms with Gasteiger partial charge >= 0.3 is 0 Å². The lowest BCUT2D eigenvalue weighted by atomic mass is 10.1. The van der Waals surface area contributed by atoms with E-state index in [2.05, 4.69) is 20.3 Å². The molecule has 1 aliphatic rings. The Hall–Kier alpha value is -3.79. The smallest absolute Gasteiger partial charge is 0.257 e. The van der Waals surface area contributed by atoms with Gasteiger partial charge in [-0.15, -0.1) is 5.10 Å². The highest BCUT2D eigenvalue weighted by Crippen LogP contribution is 2.27. The van der Waals surface area contributed by atoms with Crippen LogP contribution >= 0.6 is 11.6 Å². The van der Waals surface area contributed by atoms with Crippen molar-refractivity contribution in [3.05, 3.63) is 65.2 Å². The number of carbonyl (C=O) groups excluding carboxylic acids is 1. The number of halogens is 2. The Kier molecular flexibility index (Phi) is 5.51. The van der Waals surface area contributed by atoms with E-state index in [9.17, 15) is 9.18 Å². The lowest BCUT2D eigenvalue weighted by Gasteiger charge is -2.35. The molecule has 0 saturated carbocycles. The van der Waals surface area contributed by atoms with E-state index in [1.165, 1.54) is 30.3 Å². The fourth-order valence-corrected chi connectivity index (χ4v) is 4.06. The van der Waals surface area contributed by atoms with Crippen LogP contribution in [0.1, 0.15) is 10.4 Å². The average Bonchev–Trinajstić information content (AvgIpc) is 3.28. The largest absolute Gasteiger partial charge is 0.496 e. The highest BCUT2D eigenvalue weighted by atomic mass is 35.5. The van der Waals surface area contributed by atoms with Gasteiger partial charge in [0.2, 0.25) is 0 Å². The summed E-state index contributed by atoms with van der Waals surface area (Å²) >= 11 is 6.09. The van der Waals surface area contributed by atoms with Gasteiger partial charge in [-0.3, -0.25) is 4.79 Å². The minimum absolute atomic E-state index is 0.140. The van der Waals surface area contributed by atoms with Gasteiger partial charge in [0.25, 0.3) is 5.91 Å². The fourth-order valence-electron chi connectivity index (χ4n) is 3.89. The zero-order chi connectivity index (χ0) is 22.9. The predicted octanol–water partition coefficient (Wildman–Crippen LogP) is 2.97. The first-order valence-corrected chi connectivity index (χ1v) is 10.6. The molecule has 0 aliphatic carbocycles. The molecule has 33 heavy (non-hydrogen) atoms. The van der Waals surface area contributed by atoms with Gasteiger partial charge in [-0.1, -0.05) is 22.9 Å². The Morgan fingerprint density at radius 3 is 2.67 bits per heavy atom. The summed E-state index contributed by atoms with van der Waals surface area (Å²) in [5.74, 6) is 0.592. The van der Waals surface area contributed by atoms with Gasteiger partial charge in [0.15, 0.2) is 17.0 Å². The molecule has 3 heterocycles. The minimum Gasteiger partial charge on any atom is -0.496 e. The number of fused-ring (bicyclic) bond motifs is 1. The molecule has 0 atom stereocenters. The van der Waals surface area contributed by atoms with Gasteiger partial charge in [0.1, 0.15) is 17.9 Å². The monoisotopic (exact) mass is 467 g/mol. The third-order valence-electron chi connectivity index (χ3n) is 5.53. The molecule has 0 spiro atoms. The number of rotatable bonds is 4. The summed E-state index contributed by atoms with van der Waals surface area (Å²) < 4.78 is 20.5. The molecule has 1 aliphatic heterocycles. The quantitative estimate of drug-likeness (QED) is 0.456. The van der Waals surface area contributed by atoms with Crippen LogP contribution in [0.3, 0.4) is 0 Å². The number of hydrogen-bond donors (Lipinski definition) is 0. The normalized spacial score (nSPS) is 14.0. The molecule has 5 rings (SSSR count). The summed E-state index contributed by atoms with van der Waals surface area (Å²) in [4.78, 5) is 25.6. The van der Waals surface area contributed by atoms with Crippen molar-refractivity contribution in [1.82, 2.24) is 29.9 Å². The van der Waals surface area contributed by atoms with Crippen LogP contribution in [0.15, 0.2) is 48.8 Å². The zero-order valence-electron chi connectivity index (χ0n) is 17.7. The van der Waals surface area contributed by atoms with Crippen LogP contribution in [-0.4, -0.2) is 69.1 Å². The maximum absolute atomic E-state index is 13.7. The summed E-state index contributed by atoms with van der Waals surface area (Å²) in [5.41, 5.74) is 1.94. The van der Waals surface area contributed by atoms with E-state index >= 15 is 0 Å². The lowest BCUT2D eigenvalue weighted by Crippen LogP contribution is -2.49. The van der Waals surface area contributed by atoms with Crippen molar-refractivity contribution in [2.45, 2.75) is 0 Å². The number of carbonyl (C=O) groups is 1. The van der Waals surface area contributed by atoms with Gasteiger partial charge < -0.3 is 14.5 Å². The molecule has 0 N–H and O–H groups in total. The lowest BCUT2D eigenvalue weighted by molar-refractivity contribution is 0.0743. The first-order chi connectivity index (χ1) is 16.0. The SMILES string of the molecule is COc1ccc(Cl)cc1C(=O)N1CCN(c2ncnc3c2nnn3-c2cccc(F)c2)CC1. The van der Waals surface area contributed by atoms with Gasteiger partial charge in [0, 0.05) is 31.2 Å². The number of amides is 1. The third-order valence-corrected chi connectivity index (χ3v) is 5.76. The van der Waals surface area contributed by atoms with E-state index in [-0.39, 0.29) is 11.7 Å². The zero-order valence-corrected chi connectivity index (χ0v) is 18.4. The highest BCUT2D eigenvalue weighted by molar-refractivity contribution is 6.31.